The molecule has 1 aromatic carbocycles. The summed E-state index contributed by atoms with van der Waals surface area (Å²) in [4.78, 5) is 0. The first-order valence-corrected chi connectivity index (χ1v) is 6.28. The topological polar surface area (TPSA) is 38.1 Å². The summed E-state index contributed by atoms with van der Waals surface area (Å²) in [5.41, 5.74) is 5.36. The van der Waals surface area contributed by atoms with Crippen LogP contribution in [0.3, 0.4) is 0 Å². The molecule has 96 valence electrons. The number of rotatable bonds is 4. The summed E-state index contributed by atoms with van der Waals surface area (Å²) >= 11 is 0. The molecule has 0 saturated carbocycles. The Morgan fingerprint density at radius 2 is 1.89 bits per heavy atom. The third-order valence-electron chi connectivity index (χ3n) is 3.42. The Balaban J connectivity index is 2.09. The van der Waals surface area contributed by atoms with E-state index in [2.05, 4.69) is 50.3 Å². The summed E-state index contributed by atoms with van der Waals surface area (Å²) in [6, 6.07) is 6.70. The Kier molecular flexibility index (Phi) is 3.82. The lowest BCUT2D eigenvalue weighted by atomic mass is 9.96. The van der Waals surface area contributed by atoms with Gasteiger partial charge in [-0.05, 0) is 49.9 Å². The molecular weight excluding hydrogens is 224 g/mol. The molecule has 1 aromatic heterocycles. The maximum Gasteiger partial charge on any atom is 0.150 e. The van der Waals surface area contributed by atoms with Crippen LogP contribution in [0.5, 0.6) is 0 Å². The third-order valence-corrected chi connectivity index (χ3v) is 3.42. The highest BCUT2D eigenvalue weighted by Gasteiger charge is 2.10. The van der Waals surface area contributed by atoms with Crippen molar-refractivity contribution in [3.63, 3.8) is 0 Å². The fourth-order valence-corrected chi connectivity index (χ4v) is 2.15. The number of aryl methyl sites for hydroxylation is 3. The van der Waals surface area contributed by atoms with Gasteiger partial charge in [0.2, 0.25) is 0 Å². The second kappa shape index (κ2) is 5.36. The van der Waals surface area contributed by atoms with Crippen LogP contribution < -0.4 is 5.32 Å². The van der Waals surface area contributed by atoms with Crippen molar-refractivity contribution in [2.75, 3.05) is 0 Å². The molecule has 0 spiro atoms. The van der Waals surface area contributed by atoms with Crippen LogP contribution in [0.2, 0.25) is 0 Å². The molecular formula is C15H20N2O. The summed E-state index contributed by atoms with van der Waals surface area (Å²) in [7, 11) is 0. The van der Waals surface area contributed by atoms with Gasteiger partial charge in [-0.2, -0.15) is 0 Å². The molecule has 3 heteroatoms. The molecule has 18 heavy (non-hydrogen) atoms. The molecule has 0 aliphatic carbocycles. The van der Waals surface area contributed by atoms with E-state index in [9.17, 15) is 0 Å². The van der Waals surface area contributed by atoms with Gasteiger partial charge >= 0.3 is 0 Å². The van der Waals surface area contributed by atoms with Crippen molar-refractivity contribution in [2.45, 2.75) is 40.3 Å². The molecule has 2 rings (SSSR count). The number of aromatic nitrogens is 1. The van der Waals surface area contributed by atoms with Gasteiger partial charge in [0.1, 0.15) is 5.76 Å². The molecule has 0 fully saturated rings. The average molecular weight is 244 g/mol. The Hall–Kier alpha value is -1.61. The minimum Gasteiger partial charge on any atom is -0.360 e. The van der Waals surface area contributed by atoms with Crippen LogP contribution in [0, 0.1) is 20.8 Å². The highest BCUT2D eigenvalue weighted by atomic mass is 16.5. The van der Waals surface area contributed by atoms with E-state index in [1.54, 1.807) is 6.20 Å². The molecule has 1 N–H and O–H groups in total. The predicted molar refractivity (Wildman–Crippen MR) is 72.4 cm³/mol. The van der Waals surface area contributed by atoms with Crippen LogP contribution in [0.1, 0.15) is 41.0 Å². The predicted octanol–water partition coefficient (Wildman–Crippen LogP) is 3.45. The Morgan fingerprint density at radius 1 is 1.17 bits per heavy atom. The monoisotopic (exact) mass is 244 g/mol. The molecule has 0 aliphatic rings. The highest BCUT2D eigenvalue weighted by Crippen LogP contribution is 2.21. The number of benzene rings is 1. The maximum absolute atomic E-state index is 5.08. The number of hydrogen-bond acceptors (Lipinski definition) is 3. The summed E-state index contributed by atoms with van der Waals surface area (Å²) in [5, 5.41) is 7.16. The van der Waals surface area contributed by atoms with E-state index in [0.717, 1.165) is 5.76 Å². The SMILES string of the molecule is Cc1cc(C)c(C(C)NCc2ccno2)cc1C. The second-order valence-corrected chi connectivity index (χ2v) is 4.87. The Morgan fingerprint density at radius 3 is 2.56 bits per heavy atom. The molecule has 1 atom stereocenters. The van der Waals surface area contributed by atoms with E-state index in [1.807, 2.05) is 6.07 Å². The lowest BCUT2D eigenvalue weighted by molar-refractivity contribution is 0.366. The van der Waals surface area contributed by atoms with Crippen molar-refractivity contribution in [1.29, 1.82) is 0 Å². The van der Waals surface area contributed by atoms with Gasteiger partial charge in [0, 0.05) is 12.1 Å². The Bertz CT molecular complexity index is 518. The zero-order valence-electron chi connectivity index (χ0n) is 11.4. The average Bonchev–Trinajstić information content (AvgIpc) is 2.84. The van der Waals surface area contributed by atoms with Gasteiger partial charge in [-0.1, -0.05) is 17.3 Å². The molecule has 2 aromatic rings. The maximum atomic E-state index is 5.08. The van der Waals surface area contributed by atoms with Gasteiger partial charge in [0.25, 0.3) is 0 Å². The van der Waals surface area contributed by atoms with Crippen molar-refractivity contribution in [3.05, 3.63) is 52.4 Å². The van der Waals surface area contributed by atoms with Gasteiger partial charge in [0.15, 0.2) is 0 Å². The number of nitrogens with zero attached hydrogens (tertiary/aromatic N) is 1. The second-order valence-electron chi connectivity index (χ2n) is 4.87. The first kappa shape index (κ1) is 12.8. The summed E-state index contributed by atoms with van der Waals surface area (Å²) < 4.78 is 5.08. The summed E-state index contributed by atoms with van der Waals surface area (Å²) in [6.07, 6.45) is 1.67. The molecule has 1 heterocycles. The van der Waals surface area contributed by atoms with E-state index in [-0.39, 0.29) is 0 Å². The van der Waals surface area contributed by atoms with E-state index in [4.69, 9.17) is 4.52 Å². The minimum absolute atomic E-state index is 0.300. The van der Waals surface area contributed by atoms with Gasteiger partial charge < -0.3 is 9.84 Å². The zero-order valence-corrected chi connectivity index (χ0v) is 11.4. The summed E-state index contributed by atoms with van der Waals surface area (Å²) in [5.74, 6) is 0.864. The highest BCUT2D eigenvalue weighted by molar-refractivity contribution is 5.38. The number of hydrogen-bond donors (Lipinski definition) is 1. The van der Waals surface area contributed by atoms with Gasteiger partial charge in [-0.3, -0.25) is 0 Å². The van der Waals surface area contributed by atoms with Crippen LogP contribution in [-0.2, 0) is 6.54 Å². The van der Waals surface area contributed by atoms with Crippen molar-refractivity contribution < 1.29 is 4.52 Å². The summed E-state index contributed by atoms with van der Waals surface area (Å²) in [6.45, 7) is 9.34. The van der Waals surface area contributed by atoms with Crippen molar-refractivity contribution in [2.24, 2.45) is 0 Å². The van der Waals surface area contributed by atoms with Gasteiger partial charge in [-0.15, -0.1) is 0 Å². The van der Waals surface area contributed by atoms with Crippen LogP contribution in [-0.4, -0.2) is 5.16 Å². The molecule has 0 saturated heterocycles. The first-order valence-electron chi connectivity index (χ1n) is 6.28. The molecule has 3 nitrogen and oxygen atoms in total. The fourth-order valence-electron chi connectivity index (χ4n) is 2.15. The van der Waals surface area contributed by atoms with Crippen molar-refractivity contribution in [1.82, 2.24) is 10.5 Å². The number of nitrogens with one attached hydrogen (secondary N) is 1. The molecule has 1 unspecified atom stereocenters. The lowest BCUT2D eigenvalue weighted by Gasteiger charge is -2.17. The van der Waals surface area contributed by atoms with Crippen LogP contribution in [0.15, 0.2) is 28.9 Å². The third kappa shape index (κ3) is 2.79. The molecule has 0 amide bonds. The van der Waals surface area contributed by atoms with Crippen LogP contribution in [0.4, 0.5) is 0 Å². The van der Waals surface area contributed by atoms with E-state index in [0.29, 0.717) is 12.6 Å². The first-order chi connectivity index (χ1) is 8.58. The molecule has 0 radical (unpaired) electrons. The van der Waals surface area contributed by atoms with Crippen molar-refractivity contribution in [3.8, 4) is 0 Å². The van der Waals surface area contributed by atoms with E-state index >= 15 is 0 Å². The smallest absolute Gasteiger partial charge is 0.150 e. The fraction of sp³-hybridized carbons (Fsp3) is 0.400. The molecule has 0 aliphatic heterocycles. The zero-order chi connectivity index (χ0) is 13.1. The van der Waals surface area contributed by atoms with Crippen molar-refractivity contribution >= 4 is 0 Å². The quantitative estimate of drug-likeness (QED) is 0.895. The largest absolute Gasteiger partial charge is 0.360 e. The Labute approximate surface area is 108 Å². The van der Waals surface area contributed by atoms with Gasteiger partial charge in [0.05, 0.1) is 12.7 Å². The van der Waals surface area contributed by atoms with Crippen LogP contribution >= 0.6 is 0 Å². The standard InChI is InChI=1S/C15H20N2O/c1-10-7-12(3)15(8-11(10)2)13(4)16-9-14-5-6-17-18-14/h5-8,13,16H,9H2,1-4H3. The normalized spacial score (nSPS) is 12.7. The minimum atomic E-state index is 0.300. The van der Waals surface area contributed by atoms with Gasteiger partial charge in [-0.25, -0.2) is 0 Å². The lowest BCUT2D eigenvalue weighted by Crippen LogP contribution is -2.18. The van der Waals surface area contributed by atoms with E-state index in [1.165, 1.54) is 22.3 Å². The van der Waals surface area contributed by atoms with Crippen LogP contribution in [0.25, 0.3) is 0 Å². The van der Waals surface area contributed by atoms with E-state index < -0.39 is 0 Å². The molecule has 0 bridgehead atoms.